The van der Waals surface area contributed by atoms with E-state index in [1.807, 2.05) is 12.1 Å². The first kappa shape index (κ1) is 33.7. The molecule has 0 spiro atoms. The average molecular weight is 694 g/mol. The Balaban J connectivity index is 1.06. The van der Waals surface area contributed by atoms with Crippen molar-refractivity contribution in [1.29, 1.82) is 0 Å². The minimum Gasteiger partial charge on any atom is -0.478 e. The number of hydrogen-bond donors (Lipinski definition) is 1. The van der Waals surface area contributed by atoms with E-state index < -0.39 is 23.4 Å². The number of pyridine rings is 2. The number of methoxy groups -OCH3 is 1. The topological polar surface area (TPSA) is 103 Å². The first-order valence-corrected chi connectivity index (χ1v) is 16.6. The van der Waals surface area contributed by atoms with Gasteiger partial charge in [-0.15, -0.1) is 0 Å². The van der Waals surface area contributed by atoms with Crippen molar-refractivity contribution in [2.45, 2.75) is 32.4 Å². The Kier molecular flexibility index (Phi) is 9.67. The fraction of sp³-hybridized carbons (Fsp3) is 0.231. The average Bonchev–Trinajstić information content (AvgIpc) is 3.80. The molecule has 1 aliphatic heterocycles. The highest BCUT2D eigenvalue weighted by atomic mass is 19.1. The third-order valence-corrected chi connectivity index (χ3v) is 9.02. The van der Waals surface area contributed by atoms with Crippen LogP contribution in [0.25, 0.3) is 33.4 Å². The molecule has 1 aliphatic rings. The van der Waals surface area contributed by atoms with Crippen LogP contribution in [0.2, 0.25) is 0 Å². The van der Waals surface area contributed by atoms with Gasteiger partial charge in [-0.1, -0.05) is 18.2 Å². The van der Waals surface area contributed by atoms with Crippen molar-refractivity contribution in [1.82, 2.24) is 19.5 Å². The third-order valence-electron chi connectivity index (χ3n) is 9.02. The minimum absolute atomic E-state index is 0.0504. The number of carboxylic acid groups (broad SMARTS) is 1. The van der Waals surface area contributed by atoms with Gasteiger partial charge in [0.05, 0.1) is 28.9 Å². The maximum absolute atomic E-state index is 15.6. The highest BCUT2D eigenvalue weighted by Crippen LogP contribution is 2.29. The molecule has 1 saturated heterocycles. The summed E-state index contributed by atoms with van der Waals surface area (Å²) in [6.45, 7) is 2.50. The fourth-order valence-electron chi connectivity index (χ4n) is 6.29. The molecule has 0 bridgehead atoms. The number of carboxylic acids is 1. The Morgan fingerprint density at radius 1 is 0.863 bits per heavy atom. The fourth-order valence-corrected chi connectivity index (χ4v) is 6.29. The van der Waals surface area contributed by atoms with Crippen LogP contribution in [0, 0.1) is 17.5 Å². The molecular formula is C39H34F3N5O4. The van der Waals surface area contributed by atoms with Gasteiger partial charge >= 0.3 is 5.97 Å². The van der Waals surface area contributed by atoms with E-state index in [4.69, 9.17) is 9.47 Å². The van der Waals surface area contributed by atoms with Gasteiger partial charge in [-0.3, -0.25) is 0 Å². The Hall–Kier alpha value is -5.75. The number of aromatic carboxylic acids is 1. The second-order valence-corrected chi connectivity index (χ2v) is 12.3. The van der Waals surface area contributed by atoms with Crippen LogP contribution < -0.4 is 9.64 Å². The van der Waals surface area contributed by atoms with Crippen LogP contribution in [-0.4, -0.2) is 57.4 Å². The highest BCUT2D eigenvalue weighted by Gasteiger charge is 2.19. The van der Waals surface area contributed by atoms with Gasteiger partial charge in [0.25, 0.3) is 0 Å². The third kappa shape index (κ3) is 7.27. The summed E-state index contributed by atoms with van der Waals surface area (Å²) in [5.74, 6) is -1.44. The number of fused-ring (bicyclic) bond motifs is 1. The molecule has 12 heteroatoms. The number of carbonyl (C=O) groups is 1. The van der Waals surface area contributed by atoms with Crippen LogP contribution in [-0.2, 0) is 24.3 Å². The highest BCUT2D eigenvalue weighted by molar-refractivity contribution is 5.92. The summed E-state index contributed by atoms with van der Waals surface area (Å²) >= 11 is 0. The predicted molar refractivity (Wildman–Crippen MR) is 186 cm³/mol. The van der Waals surface area contributed by atoms with E-state index in [2.05, 4.69) is 19.9 Å². The van der Waals surface area contributed by atoms with Crippen molar-refractivity contribution in [2.24, 2.45) is 0 Å². The monoisotopic (exact) mass is 693 g/mol. The number of halogens is 3. The largest absolute Gasteiger partial charge is 0.478 e. The molecular weight excluding hydrogens is 659 g/mol. The Morgan fingerprint density at radius 3 is 2.41 bits per heavy atom. The number of benzene rings is 3. The van der Waals surface area contributed by atoms with Gasteiger partial charge in [-0.25, -0.2) is 32.9 Å². The SMILES string of the molecule is COCCn1c(Cc2cc(F)c(-c3cccc(OCc4ccc(-c5ccc(N6CCCC6)nc5)cc4F)n3)cc2F)nc2ccc(C(=O)O)cc21. The molecule has 0 unspecified atom stereocenters. The van der Waals surface area contributed by atoms with E-state index in [0.717, 1.165) is 49.4 Å². The van der Waals surface area contributed by atoms with E-state index in [9.17, 15) is 9.90 Å². The molecule has 0 radical (unpaired) electrons. The standard InChI is InChI=1S/C39H34F3N5O4/c1-50-16-15-47-35-19-25(39(48)49)9-11-34(35)44-37(47)20-28-18-32(42)29(21-31(28)41)33-5-4-6-38(45-33)51-23-27-8-7-24(17-30(27)40)26-10-12-36(43-22-26)46-13-2-3-14-46/h4-12,17-19,21-22H,2-3,13-16,20,23H2,1H3,(H,48,49). The normalized spacial score (nSPS) is 12.9. The van der Waals surface area contributed by atoms with E-state index in [0.29, 0.717) is 41.1 Å². The van der Waals surface area contributed by atoms with Crippen LogP contribution in [0.1, 0.15) is 40.2 Å². The second kappa shape index (κ2) is 14.6. The Morgan fingerprint density at radius 2 is 1.67 bits per heavy atom. The molecule has 3 aromatic heterocycles. The molecule has 7 rings (SSSR count). The van der Waals surface area contributed by atoms with Crippen LogP contribution in [0.5, 0.6) is 5.88 Å². The quantitative estimate of drug-likeness (QED) is 0.139. The Labute approximate surface area is 292 Å². The lowest BCUT2D eigenvalue weighted by Gasteiger charge is -2.16. The number of ether oxygens (including phenoxy) is 2. The van der Waals surface area contributed by atoms with Crippen molar-refractivity contribution in [3.63, 3.8) is 0 Å². The summed E-state index contributed by atoms with van der Waals surface area (Å²) in [4.78, 5) is 27.3. The zero-order chi connectivity index (χ0) is 35.5. The molecule has 6 aromatic rings. The molecule has 9 nitrogen and oxygen atoms in total. The summed E-state index contributed by atoms with van der Waals surface area (Å²) in [5.41, 5.74) is 3.11. The lowest BCUT2D eigenvalue weighted by molar-refractivity contribution is 0.0697. The van der Waals surface area contributed by atoms with E-state index in [-0.39, 0.29) is 41.3 Å². The van der Waals surface area contributed by atoms with Crippen molar-refractivity contribution in [2.75, 3.05) is 31.7 Å². The molecule has 4 heterocycles. The molecule has 51 heavy (non-hydrogen) atoms. The zero-order valence-corrected chi connectivity index (χ0v) is 27.8. The van der Waals surface area contributed by atoms with E-state index in [1.165, 1.54) is 31.4 Å². The van der Waals surface area contributed by atoms with E-state index in [1.54, 1.807) is 41.1 Å². The van der Waals surface area contributed by atoms with Crippen molar-refractivity contribution < 1.29 is 32.5 Å². The molecule has 0 saturated carbocycles. The summed E-state index contributed by atoms with van der Waals surface area (Å²) in [6, 6.07) is 20.2. The summed E-state index contributed by atoms with van der Waals surface area (Å²) < 4.78 is 59.0. The molecule has 0 amide bonds. The first-order chi connectivity index (χ1) is 24.8. The molecule has 1 N–H and O–H groups in total. The van der Waals surface area contributed by atoms with Crippen molar-refractivity contribution in [3.8, 4) is 28.3 Å². The molecule has 3 aromatic carbocycles. The molecule has 0 aliphatic carbocycles. The van der Waals surface area contributed by atoms with Crippen LogP contribution >= 0.6 is 0 Å². The molecule has 1 fully saturated rings. The van der Waals surface area contributed by atoms with E-state index >= 15 is 13.2 Å². The van der Waals surface area contributed by atoms with Gasteiger partial charge in [0.2, 0.25) is 5.88 Å². The molecule has 260 valence electrons. The molecule has 0 atom stereocenters. The number of nitrogens with zero attached hydrogens (tertiary/aromatic N) is 5. The van der Waals surface area contributed by atoms with Gasteiger partial charge in [-0.05, 0) is 78.6 Å². The maximum atomic E-state index is 15.6. The zero-order valence-electron chi connectivity index (χ0n) is 27.8. The first-order valence-electron chi connectivity index (χ1n) is 16.6. The summed E-state index contributed by atoms with van der Waals surface area (Å²) in [7, 11) is 1.53. The lowest BCUT2D eigenvalue weighted by atomic mass is 10.0. The Bertz CT molecular complexity index is 2220. The lowest BCUT2D eigenvalue weighted by Crippen LogP contribution is -2.18. The van der Waals surface area contributed by atoms with Crippen molar-refractivity contribution >= 4 is 22.8 Å². The van der Waals surface area contributed by atoms with Crippen LogP contribution in [0.3, 0.4) is 0 Å². The summed E-state index contributed by atoms with van der Waals surface area (Å²) in [5, 5.41) is 9.45. The summed E-state index contributed by atoms with van der Waals surface area (Å²) in [6.07, 6.45) is 4.01. The minimum atomic E-state index is -1.08. The predicted octanol–water partition coefficient (Wildman–Crippen LogP) is 7.69. The second-order valence-electron chi connectivity index (χ2n) is 12.3. The van der Waals surface area contributed by atoms with Gasteiger partial charge in [0.1, 0.15) is 35.7 Å². The van der Waals surface area contributed by atoms with Crippen LogP contribution in [0.15, 0.2) is 85.1 Å². The van der Waals surface area contributed by atoms with Gasteiger partial charge in [0.15, 0.2) is 0 Å². The van der Waals surface area contributed by atoms with Gasteiger partial charge in [-0.2, -0.15) is 0 Å². The van der Waals surface area contributed by atoms with Crippen LogP contribution in [0.4, 0.5) is 19.0 Å². The van der Waals surface area contributed by atoms with Gasteiger partial charge in [0, 0.05) is 62.1 Å². The number of anilines is 1. The van der Waals surface area contributed by atoms with Gasteiger partial charge < -0.3 is 24.0 Å². The maximum Gasteiger partial charge on any atom is 0.335 e. The van der Waals surface area contributed by atoms with Crippen molar-refractivity contribution in [3.05, 3.63) is 125 Å². The number of rotatable bonds is 12. The number of aromatic nitrogens is 4. The smallest absolute Gasteiger partial charge is 0.335 e. The number of imidazole rings is 1. The number of hydrogen-bond acceptors (Lipinski definition) is 7.